The number of nitrogens with zero attached hydrogens (tertiary/aromatic N) is 1. The lowest BCUT2D eigenvalue weighted by atomic mass is 10.0. The fraction of sp³-hybridized carbons (Fsp3) is 0.100. The third-order valence-corrected chi connectivity index (χ3v) is 6.65. The third-order valence-electron chi connectivity index (χ3n) is 6.13. The van der Waals surface area contributed by atoms with E-state index in [0.717, 1.165) is 31.3 Å². The quantitative estimate of drug-likeness (QED) is 0.210. The van der Waals surface area contributed by atoms with Crippen molar-refractivity contribution in [2.45, 2.75) is 13.5 Å². The molecule has 0 bridgehead atoms. The molecule has 0 atom stereocenters. The molecule has 1 saturated heterocycles. The van der Waals surface area contributed by atoms with Crippen LogP contribution in [0.4, 0.5) is 10.5 Å². The first-order valence-corrected chi connectivity index (χ1v) is 12.8. The van der Waals surface area contributed by atoms with Crippen LogP contribution in [-0.2, 0) is 16.2 Å². The van der Waals surface area contributed by atoms with Gasteiger partial charge in [0.2, 0.25) is 5.91 Å². The van der Waals surface area contributed by atoms with Gasteiger partial charge in [0.1, 0.15) is 24.6 Å². The van der Waals surface area contributed by atoms with Crippen LogP contribution in [0.1, 0.15) is 16.7 Å². The monoisotopic (exact) mass is 569 g/mol. The molecule has 0 aliphatic carbocycles. The maximum absolute atomic E-state index is 13.2. The van der Waals surface area contributed by atoms with E-state index in [2.05, 4.69) is 26.6 Å². The van der Waals surface area contributed by atoms with Crippen molar-refractivity contribution in [1.29, 1.82) is 0 Å². The van der Waals surface area contributed by atoms with Gasteiger partial charge in [-0.15, -0.1) is 0 Å². The number of rotatable bonds is 7. The number of ether oxygens (including phenoxy) is 1. The maximum Gasteiger partial charge on any atom is 0.329 e. The minimum atomic E-state index is -0.655. The fourth-order valence-corrected chi connectivity index (χ4v) is 4.40. The highest BCUT2D eigenvalue weighted by atomic mass is 79.9. The number of aryl methyl sites for hydroxylation is 1. The summed E-state index contributed by atoms with van der Waals surface area (Å²) >= 11 is 3.43. The zero-order valence-corrected chi connectivity index (χ0v) is 22.1. The van der Waals surface area contributed by atoms with Crippen LogP contribution in [0.5, 0.6) is 5.75 Å². The molecule has 190 valence electrons. The van der Waals surface area contributed by atoms with Gasteiger partial charge in [-0.1, -0.05) is 76.1 Å². The molecule has 1 aliphatic rings. The van der Waals surface area contributed by atoms with Gasteiger partial charge in [0.05, 0.1) is 0 Å². The third kappa shape index (κ3) is 5.60. The number of imide groups is 1. The van der Waals surface area contributed by atoms with Crippen molar-refractivity contribution in [3.8, 4) is 5.75 Å². The molecule has 1 heterocycles. The number of anilines is 1. The normalized spacial score (nSPS) is 14.2. The molecule has 4 aromatic rings. The molecule has 0 saturated carbocycles. The number of hydrogen-bond donors (Lipinski definition) is 2. The molecular weight excluding hydrogens is 546 g/mol. The van der Waals surface area contributed by atoms with Crippen molar-refractivity contribution in [1.82, 2.24) is 10.2 Å². The summed E-state index contributed by atoms with van der Waals surface area (Å²) in [6, 6.07) is 25.9. The van der Waals surface area contributed by atoms with Crippen LogP contribution in [0.2, 0.25) is 0 Å². The first kappa shape index (κ1) is 25.2. The summed E-state index contributed by atoms with van der Waals surface area (Å²) in [7, 11) is 0. The van der Waals surface area contributed by atoms with Crippen molar-refractivity contribution >= 4 is 56.3 Å². The molecule has 0 aromatic heterocycles. The summed E-state index contributed by atoms with van der Waals surface area (Å²) in [5.74, 6) is -0.486. The van der Waals surface area contributed by atoms with Gasteiger partial charge in [-0.3, -0.25) is 9.59 Å². The van der Waals surface area contributed by atoms with Gasteiger partial charge in [-0.05, 0) is 59.7 Å². The zero-order valence-electron chi connectivity index (χ0n) is 20.5. The molecule has 0 spiro atoms. The van der Waals surface area contributed by atoms with Crippen LogP contribution < -0.4 is 15.4 Å². The number of benzene rings is 4. The molecule has 0 unspecified atom stereocenters. The highest BCUT2D eigenvalue weighted by Crippen LogP contribution is 2.31. The highest BCUT2D eigenvalue weighted by Gasteiger charge is 2.35. The highest BCUT2D eigenvalue weighted by molar-refractivity contribution is 9.10. The molecule has 1 fully saturated rings. The molecule has 7 nitrogen and oxygen atoms in total. The number of amides is 4. The lowest BCUT2D eigenvalue weighted by molar-refractivity contribution is -0.127. The largest absolute Gasteiger partial charge is 0.488 e. The zero-order chi connectivity index (χ0) is 26.6. The first-order chi connectivity index (χ1) is 18.4. The minimum Gasteiger partial charge on any atom is -0.488 e. The summed E-state index contributed by atoms with van der Waals surface area (Å²) in [4.78, 5) is 39.2. The molecular formula is C30H24BrN3O4. The van der Waals surface area contributed by atoms with E-state index in [9.17, 15) is 14.4 Å². The number of carbonyl (C=O) groups excluding carboxylic acids is 3. The predicted octanol–water partition coefficient (Wildman–Crippen LogP) is 6.02. The average Bonchev–Trinajstić information content (AvgIpc) is 3.17. The number of fused-ring (bicyclic) bond motifs is 1. The Morgan fingerprint density at radius 2 is 1.71 bits per heavy atom. The van der Waals surface area contributed by atoms with Crippen molar-refractivity contribution in [2.75, 3.05) is 11.9 Å². The van der Waals surface area contributed by atoms with Crippen LogP contribution in [0.25, 0.3) is 16.8 Å². The molecule has 1 aliphatic heterocycles. The smallest absolute Gasteiger partial charge is 0.329 e. The Balaban J connectivity index is 1.39. The van der Waals surface area contributed by atoms with Crippen LogP contribution >= 0.6 is 15.9 Å². The summed E-state index contributed by atoms with van der Waals surface area (Å²) in [5, 5.41) is 7.15. The van der Waals surface area contributed by atoms with Gasteiger partial charge in [-0.2, -0.15) is 0 Å². The van der Waals surface area contributed by atoms with Gasteiger partial charge >= 0.3 is 6.03 Å². The molecule has 4 amide bonds. The Bertz CT molecular complexity index is 1560. The Labute approximate surface area is 228 Å². The topological polar surface area (TPSA) is 87.7 Å². The van der Waals surface area contributed by atoms with E-state index >= 15 is 0 Å². The second-order valence-electron chi connectivity index (χ2n) is 8.91. The van der Waals surface area contributed by atoms with Crippen molar-refractivity contribution < 1.29 is 19.1 Å². The summed E-state index contributed by atoms with van der Waals surface area (Å²) in [6.07, 6.45) is 1.61. The lowest BCUT2D eigenvalue weighted by Crippen LogP contribution is -2.38. The fourth-order valence-electron chi connectivity index (χ4n) is 4.13. The molecule has 38 heavy (non-hydrogen) atoms. The van der Waals surface area contributed by atoms with Crippen LogP contribution in [0.3, 0.4) is 0 Å². The van der Waals surface area contributed by atoms with Crippen molar-refractivity contribution in [3.63, 3.8) is 0 Å². The average molecular weight is 570 g/mol. The SMILES string of the molecule is Cc1ccc(NC(=O)CN2C(=O)N/C(=C/c3c(OCc4ccc(Br)cc4)ccc4ccccc34)C2=O)cc1. The second-order valence-corrected chi connectivity index (χ2v) is 9.82. The van der Waals surface area contributed by atoms with Crippen LogP contribution in [-0.4, -0.2) is 29.3 Å². The number of nitrogens with one attached hydrogen (secondary N) is 2. The van der Waals surface area contributed by atoms with Crippen molar-refractivity contribution in [2.24, 2.45) is 0 Å². The lowest BCUT2D eigenvalue weighted by Gasteiger charge is -2.13. The van der Waals surface area contributed by atoms with Crippen LogP contribution in [0, 0.1) is 6.92 Å². The maximum atomic E-state index is 13.2. The number of halogens is 1. The Morgan fingerprint density at radius 3 is 2.47 bits per heavy atom. The predicted molar refractivity (Wildman–Crippen MR) is 150 cm³/mol. The van der Waals surface area contributed by atoms with Gasteiger partial charge in [0, 0.05) is 15.7 Å². The molecule has 5 rings (SSSR count). The Morgan fingerprint density at radius 1 is 0.974 bits per heavy atom. The first-order valence-electron chi connectivity index (χ1n) is 12.0. The minimum absolute atomic E-state index is 0.0722. The second kappa shape index (κ2) is 10.9. The van der Waals surface area contributed by atoms with Gasteiger partial charge in [-0.25, -0.2) is 9.69 Å². The molecule has 0 radical (unpaired) electrons. The van der Waals surface area contributed by atoms with Gasteiger partial charge < -0.3 is 15.4 Å². The number of urea groups is 1. The van der Waals surface area contributed by atoms with E-state index < -0.39 is 24.4 Å². The van der Waals surface area contributed by atoms with Crippen molar-refractivity contribution in [3.05, 3.63) is 112 Å². The molecule has 8 heteroatoms. The van der Waals surface area contributed by atoms with E-state index in [1.54, 1.807) is 18.2 Å². The number of carbonyl (C=O) groups is 3. The Kier molecular flexibility index (Phi) is 7.24. The van der Waals surface area contributed by atoms with E-state index in [1.165, 1.54) is 0 Å². The van der Waals surface area contributed by atoms with E-state index in [1.807, 2.05) is 79.7 Å². The van der Waals surface area contributed by atoms with Gasteiger partial charge in [0.15, 0.2) is 0 Å². The van der Waals surface area contributed by atoms with E-state index in [0.29, 0.717) is 23.6 Å². The van der Waals surface area contributed by atoms with E-state index in [4.69, 9.17) is 4.74 Å². The summed E-state index contributed by atoms with van der Waals surface area (Å²) < 4.78 is 7.12. The summed E-state index contributed by atoms with van der Waals surface area (Å²) in [5.41, 5.74) is 3.36. The molecule has 2 N–H and O–H groups in total. The van der Waals surface area contributed by atoms with Crippen LogP contribution in [0.15, 0.2) is 95.1 Å². The summed E-state index contributed by atoms with van der Waals surface area (Å²) in [6.45, 7) is 1.87. The van der Waals surface area contributed by atoms with Gasteiger partial charge in [0.25, 0.3) is 5.91 Å². The number of hydrogen-bond acceptors (Lipinski definition) is 4. The standard InChI is InChI=1S/C30H24BrN3O4/c1-19-6-13-23(14-7-19)32-28(35)17-34-29(36)26(33-30(34)37)16-25-24-5-3-2-4-21(24)10-15-27(25)38-18-20-8-11-22(31)12-9-20/h2-16H,17-18H2,1H3,(H,32,35)(H,33,37)/b26-16+. The molecule has 4 aromatic carbocycles. The Hall–Kier alpha value is -4.43. The van der Waals surface area contributed by atoms with E-state index in [-0.39, 0.29) is 5.70 Å².